The van der Waals surface area contributed by atoms with Crippen LogP contribution in [0.2, 0.25) is 0 Å². The van der Waals surface area contributed by atoms with Crippen LogP contribution < -0.4 is 14.5 Å². The Bertz CT molecular complexity index is 1410. The number of hydrogen-bond acceptors (Lipinski definition) is 6. The number of rotatable bonds is 6. The maximum atomic E-state index is 13.8. The fourth-order valence-electron chi connectivity index (χ4n) is 5.03. The van der Waals surface area contributed by atoms with Gasteiger partial charge in [-0.25, -0.2) is 18.1 Å². The molecule has 8 nitrogen and oxygen atoms in total. The van der Waals surface area contributed by atoms with E-state index in [0.717, 1.165) is 24.5 Å². The van der Waals surface area contributed by atoms with E-state index < -0.39 is 27.1 Å². The van der Waals surface area contributed by atoms with Crippen LogP contribution in [0.15, 0.2) is 71.8 Å². The molecule has 1 aromatic heterocycles. The Labute approximate surface area is 218 Å². The first kappa shape index (κ1) is 25.4. The maximum absolute atomic E-state index is 13.8. The van der Waals surface area contributed by atoms with Gasteiger partial charge in [-0.1, -0.05) is 36.4 Å². The Morgan fingerprint density at radius 2 is 1.68 bits per heavy atom. The lowest BCUT2D eigenvalue weighted by molar-refractivity contribution is -0.132. The highest BCUT2D eigenvalue weighted by Crippen LogP contribution is 2.45. The molecule has 2 aromatic carbocycles. The fourth-order valence-corrected chi connectivity index (χ4v) is 6.45. The minimum atomic E-state index is -3.75. The van der Waals surface area contributed by atoms with Crippen LogP contribution in [0.5, 0.6) is 0 Å². The second-order valence-electron chi connectivity index (χ2n) is 10.7. The Balaban J connectivity index is 1.44. The van der Waals surface area contributed by atoms with Gasteiger partial charge in [0.25, 0.3) is 5.91 Å². The van der Waals surface area contributed by atoms with E-state index in [1.807, 2.05) is 24.3 Å². The Hall–Kier alpha value is -3.27. The second kappa shape index (κ2) is 9.24. The van der Waals surface area contributed by atoms with Gasteiger partial charge in [0.1, 0.15) is 5.82 Å². The first-order valence-corrected chi connectivity index (χ1v) is 14.0. The minimum Gasteiger partial charge on any atom is -0.372 e. The van der Waals surface area contributed by atoms with E-state index in [-0.39, 0.29) is 11.4 Å². The van der Waals surface area contributed by atoms with Crippen molar-refractivity contribution in [2.45, 2.75) is 56.2 Å². The van der Waals surface area contributed by atoms with Crippen LogP contribution in [-0.4, -0.2) is 43.0 Å². The summed E-state index contributed by atoms with van der Waals surface area (Å²) in [5.41, 5.74) is -0.332. The van der Waals surface area contributed by atoms with E-state index in [4.69, 9.17) is 0 Å². The third-order valence-corrected chi connectivity index (χ3v) is 8.52. The first-order valence-electron chi connectivity index (χ1n) is 12.5. The van der Waals surface area contributed by atoms with Crippen molar-refractivity contribution < 1.29 is 18.3 Å². The van der Waals surface area contributed by atoms with Crippen LogP contribution in [0, 0.1) is 0 Å². The molecule has 194 valence electrons. The number of sulfonamides is 1. The molecule has 1 amide bonds. The van der Waals surface area contributed by atoms with Gasteiger partial charge in [-0.3, -0.25) is 4.79 Å². The standard InChI is InChI=1S/C28H32N4O4S/c1-27(2,3)30-37(35,36)22-13-11-21(12-14-22)28(34)23-8-4-5-9-24(23)32(26(28)33)19-20-10-15-25(29-18-20)31-16-6-7-17-31/h4-5,8-15,18,30,34H,6-7,16-17,19H2,1-3H3. The SMILES string of the molecule is CC(C)(C)NS(=O)(=O)c1ccc(C2(O)C(=O)N(Cc3ccc(N4CCCC4)nc3)c3ccccc32)cc1. The second-order valence-corrected chi connectivity index (χ2v) is 12.4. The van der Waals surface area contributed by atoms with Gasteiger partial charge >= 0.3 is 0 Å². The molecular weight excluding hydrogens is 488 g/mol. The summed E-state index contributed by atoms with van der Waals surface area (Å²) < 4.78 is 28.1. The number of carbonyl (C=O) groups excluding carboxylic acids is 1. The van der Waals surface area contributed by atoms with Crippen LogP contribution >= 0.6 is 0 Å². The van der Waals surface area contributed by atoms with E-state index in [2.05, 4.69) is 14.6 Å². The molecule has 0 aliphatic carbocycles. The molecule has 2 N–H and O–H groups in total. The number of benzene rings is 2. The van der Waals surface area contributed by atoms with Crippen molar-refractivity contribution in [1.29, 1.82) is 0 Å². The van der Waals surface area contributed by atoms with E-state index in [1.54, 1.807) is 44.0 Å². The Morgan fingerprint density at radius 1 is 1.00 bits per heavy atom. The molecule has 9 heteroatoms. The highest BCUT2D eigenvalue weighted by molar-refractivity contribution is 7.89. The highest BCUT2D eigenvalue weighted by Gasteiger charge is 2.51. The van der Waals surface area contributed by atoms with Gasteiger partial charge in [-0.2, -0.15) is 0 Å². The summed E-state index contributed by atoms with van der Waals surface area (Å²) >= 11 is 0. The van der Waals surface area contributed by atoms with E-state index in [9.17, 15) is 18.3 Å². The summed E-state index contributed by atoms with van der Waals surface area (Å²) in [4.78, 5) is 22.2. The monoisotopic (exact) mass is 520 g/mol. The largest absolute Gasteiger partial charge is 0.372 e. The normalized spacial score (nSPS) is 19.9. The summed E-state index contributed by atoms with van der Waals surface area (Å²) in [6.07, 6.45) is 4.12. The number of carbonyl (C=O) groups is 1. The molecule has 1 atom stereocenters. The van der Waals surface area contributed by atoms with E-state index in [1.165, 1.54) is 37.1 Å². The van der Waals surface area contributed by atoms with Gasteiger partial charge in [-0.05, 0) is 69.0 Å². The average Bonchev–Trinajstić information content (AvgIpc) is 3.47. The summed E-state index contributed by atoms with van der Waals surface area (Å²) in [6, 6.07) is 16.9. The van der Waals surface area contributed by atoms with E-state index >= 15 is 0 Å². The summed E-state index contributed by atoms with van der Waals surface area (Å²) in [6.45, 7) is 7.56. The lowest BCUT2D eigenvalue weighted by Crippen LogP contribution is -2.41. The molecule has 1 fully saturated rings. The zero-order valence-electron chi connectivity index (χ0n) is 21.3. The van der Waals surface area contributed by atoms with Crippen LogP contribution in [0.25, 0.3) is 0 Å². The predicted molar refractivity (Wildman–Crippen MR) is 143 cm³/mol. The van der Waals surface area contributed by atoms with Crippen molar-refractivity contribution in [1.82, 2.24) is 9.71 Å². The number of amides is 1. The number of hydrogen-bond donors (Lipinski definition) is 2. The van der Waals surface area contributed by atoms with Crippen molar-refractivity contribution in [2.75, 3.05) is 22.9 Å². The summed E-state index contributed by atoms with van der Waals surface area (Å²) in [7, 11) is -3.75. The Kier molecular flexibility index (Phi) is 6.34. The molecular formula is C28H32N4O4S. The van der Waals surface area contributed by atoms with Crippen LogP contribution in [0.1, 0.15) is 50.3 Å². The van der Waals surface area contributed by atoms with Crippen molar-refractivity contribution in [3.8, 4) is 0 Å². The number of aromatic nitrogens is 1. The smallest absolute Gasteiger partial charge is 0.268 e. The number of para-hydroxylation sites is 1. The van der Waals surface area contributed by atoms with Gasteiger partial charge in [0, 0.05) is 30.4 Å². The van der Waals surface area contributed by atoms with Gasteiger partial charge < -0.3 is 14.9 Å². The third kappa shape index (κ3) is 4.74. The number of nitrogens with zero attached hydrogens (tertiary/aromatic N) is 3. The van der Waals surface area contributed by atoms with Crippen LogP contribution in [-0.2, 0) is 27.0 Å². The average molecular weight is 521 g/mol. The summed E-state index contributed by atoms with van der Waals surface area (Å²) in [5, 5.41) is 11.8. The van der Waals surface area contributed by atoms with Crippen molar-refractivity contribution >= 4 is 27.4 Å². The lowest BCUT2D eigenvalue weighted by Gasteiger charge is -2.25. The molecule has 0 spiro atoms. The predicted octanol–water partition coefficient (Wildman–Crippen LogP) is 3.54. The molecule has 37 heavy (non-hydrogen) atoms. The maximum Gasteiger partial charge on any atom is 0.268 e. The number of aliphatic hydroxyl groups is 1. The van der Waals surface area contributed by atoms with Crippen LogP contribution in [0.4, 0.5) is 11.5 Å². The number of fused-ring (bicyclic) bond motifs is 1. The molecule has 0 saturated carbocycles. The zero-order valence-corrected chi connectivity index (χ0v) is 22.1. The molecule has 0 bridgehead atoms. The minimum absolute atomic E-state index is 0.0644. The molecule has 2 aliphatic rings. The van der Waals surface area contributed by atoms with Crippen molar-refractivity contribution in [2.24, 2.45) is 0 Å². The van der Waals surface area contributed by atoms with Crippen LogP contribution in [0.3, 0.4) is 0 Å². The quantitative estimate of drug-likeness (QED) is 0.516. The topological polar surface area (TPSA) is 103 Å². The van der Waals surface area contributed by atoms with Crippen molar-refractivity contribution in [3.05, 3.63) is 83.6 Å². The molecule has 3 heterocycles. The molecule has 5 rings (SSSR count). The fraction of sp³-hybridized carbons (Fsp3) is 0.357. The number of anilines is 2. The number of nitrogens with one attached hydrogen (secondary N) is 1. The van der Waals surface area contributed by atoms with Gasteiger partial charge in [0.2, 0.25) is 10.0 Å². The third-order valence-electron chi connectivity index (χ3n) is 6.74. The zero-order chi connectivity index (χ0) is 26.4. The van der Waals surface area contributed by atoms with Gasteiger partial charge in [-0.15, -0.1) is 0 Å². The molecule has 3 aromatic rings. The highest BCUT2D eigenvalue weighted by atomic mass is 32.2. The van der Waals surface area contributed by atoms with Gasteiger partial charge in [0.05, 0.1) is 17.1 Å². The van der Waals surface area contributed by atoms with Gasteiger partial charge in [0.15, 0.2) is 5.60 Å². The Morgan fingerprint density at radius 3 is 2.30 bits per heavy atom. The molecule has 1 unspecified atom stereocenters. The molecule has 1 saturated heterocycles. The summed E-state index contributed by atoms with van der Waals surface area (Å²) in [5.74, 6) is 0.447. The van der Waals surface area contributed by atoms with Crippen molar-refractivity contribution in [3.63, 3.8) is 0 Å². The number of pyridine rings is 1. The van der Waals surface area contributed by atoms with E-state index in [0.29, 0.717) is 16.8 Å². The molecule has 2 aliphatic heterocycles. The lowest BCUT2D eigenvalue weighted by atomic mass is 9.87. The first-order chi connectivity index (χ1) is 17.5. The molecule has 0 radical (unpaired) electrons.